The smallest absolute Gasteiger partial charge is 0.314 e. The molecular weight excluding hydrogens is 248 g/mol. The molecule has 1 aliphatic rings. The predicted molar refractivity (Wildman–Crippen MR) is 66.7 cm³/mol. The van der Waals surface area contributed by atoms with Crippen LogP contribution in [0.4, 0.5) is 0 Å². The largest absolute Gasteiger partial charge is 0.508 e. The molecule has 3 N–H and O–H groups in total. The van der Waals surface area contributed by atoms with Crippen LogP contribution in [0.25, 0.3) is 0 Å². The van der Waals surface area contributed by atoms with Crippen LogP contribution < -0.4 is 0 Å². The van der Waals surface area contributed by atoms with Gasteiger partial charge in [0.25, 0.3) is 0 Å². The Morgan fingerprint density at radius 1 is 1.16 bits per heavy atom. The number of aliphatic hydroxyl groups is 2. The Bertz CT molecular complexity index is 573. The third-order valence-electron chi connectivity index (χ3n) is 2.97. The van der Waals surface area contributed by atoms with Crippen LogP contribution in [-0.4, -0.2) is 32.7 Å². The second-order valence-electron chi connectivity index (χ2n) is 4.26. The van der Waals surface area contributed by atoms with Crippen molar-refractivity contribution in [2.45, 2.75) is 5.60 Å². The van der Waals surface area contributed by atoms with Gasteiger partial charge >= 0.3 is 5.97 Å². The molecule has 0 heterocycles. The number of aliphatic hydroxyl groups excluding tert-OH is 1. The molecule has 0 amide bonds. The first-order valence-electron chi connectivity index (χ1n) is 5.60. The summed E-state index contributed by atoms with van der Waals surface area (Å²) in [5.41, 5.74) is -2.11. The zero-order chi connectivity index (χ0) is 14.0. The van der Waals surface area contributed by atoms with Gasteiger partial charge in [-0.15, -0.1) is 0 Å². The van der Waals surface area contributed by atoms with Crippen LogP contribution in [0, 0.1) is 5.92 Å². The molecule has 0 spiro atoms. The molecule has 1 aliphatic carbocycles. The molecular formula is C14H12O5. The van der Waals surface area contributed by atoms with Gasteiger partial charge < -0.3 is 15.3 Å². The van der Waals surface area contributed by atoms with Gasteiger partial charge in [0.2, 0.25) is 0 Å². The summed E-state index contributed by atoms with van der Waals surface area (Å²) in [6, 6.07) is 7.86. The summed E-state index contributed by atoms with van der Waals surface area (Å²) in [5, 5.41) is 28.9. The Balaban J connectivity index is 2.47. The molecule has 5 nitrogen and oxygen atoms in total. The molecule has 0 radical (unpaired) electrons. The normalized spacial score (nSPS) is 25.7. The van der Waals surface area contributed by atoms with Crippen molar-refractivity contribution in [3.63, 3.8) is 0 Å². The maximum absolute atomic E-state index is 12.3. The SMILES string of the molecule is O=C(O)[C@@H]1C=CC(O)=C[C@@]1(O)C(=O)c1ccccc1. The number of rotatable bonds is 3. The topological polar surface area (TPSA) is 94.8 Å². The van der Waals surface area contributed by atoms with Gasteiger partial charge in [0.05, 0.1) is 0 Å². The van der Waals surface area contributed by atoms with Crippen molar-refractivity contribution in [1.82, 2.24) is 0 Å². The van der Waals surface area contributed by atoms with Crippen molar-refractivity contribution < 1.29 is 24.9 Å². The second kappa shape index (κ2) is 4.70. The van der Waals surface area contributed by atoms with E-state index in [1.807, 2.05) is 0 Å². The lowest BCUT2D eigenvalue weighted by atomic mass is 9.78. The minimum absolute atomic E-state index is 0.176. The Kier molecular flexibility index (Phi) is 3.23. The van der Waals surface area contributed by atoms with Gasteiger partial charge in [0.1, 0.15) is 11.7 Å². The number of aliphatic carboxylic acids is 1. The molecule has 0 aliphatic heterocycles. The summed E-state index contributed by atoms with van der Waals surface area (Å²) < 4.78 is 0. The molecule has 0 aromatic heterocycles. The number of hydrogen-bond donors (Lipinski definition) is 3. The van der Waals surface area contributed by atoms with Gasteiger partial charge in [-0.3, -0.25) is 9.59 Å². The Morgan fingerprint density at radius 3 is 2.37 bits per heavy atom. The van der Waals surface area contributed by atoms with Crippen LogP contribution in [-0.2, 0) is 4.79 Å². The van der Waals surface area contributed by atoms with E-state index in [0.717, 1.165) is 18.2 Å². The van der Waals surface area contributed by atoms with Crippen molar-refractivity contribution in [1.29, 1.82) is 0 Å². The number of allylic oxidation sites excluding steroid dienone is 1. The van der Waals surface area contributed by atoms with Crippen molar-refractivity contribution in [3.8, 4) is 0 Å². The van der Waals surface area contributed by atoms with Crippen molar-refractivity contribution in [3.05, 3.63) is 59.9 Å². The van der Waals surface area contributed by atoms with E-state index in [9.17, 15) is 19.8 Å². The maximum Gasteiger partial charge on any atom is 0.314 e. The summed E-state index contributed by atoms with van der Waals surface area (Å²) in [4.78, 5) is 23.4. The average Bonchev–Trinajstić information content (AvgIpc) is 2.38. The van der Waals surface area contributed by atoms with Crippen molar-refractivity contribution in [2.24, 2.45) is 5.92 Å². The molecule has 2 rings (SSSR count). The number of carboxylic acids is 1. The lowest BCUT2D eigenvalue weighted by Gasteiger charge is -2.30. The van der Waals surface area contributed by atoms with Crippen LogP contribution in [0.5, 0.6) is 0 Å². The van der Waals surface area contributed by atoms with Crippen LogP contribution in [0.1, 0.15) is 10.4 Å². The number of benzene rings is 1. The van der Waals surface area contributed by atoms with Gasteiger partial charge in [-0.05, 0) is 12.2 Å². The number of carboxylic acid groups (broad SMARTS) is 1. The molecule has 5 heteroatoms. The molecule has 19 heavy (non-hydrogen) atoms. The van der Waals surface area contributed by atoms with Gasteiger partial charge in [-0.2, -0.15) is 0 Å². The second-order valence-corrected chi connectivity index (χ2v) is 4.26. The fraction of sp³-hybridized carbons (Fsp3) is 0.143. The third kappa shape index (κ3) is 2.28. The highest BCUT2D eigenvalue weighted by molar-refractivity contribution is 6.06. The summed E-state index contributed by atoms with van der Waals surface area (Å²) >= 11 is 0. The molecule has 0 fully saturated rings. The van der Waals surface area contributed by atoms with Gasteiger partial charge in [0, 0.05) is 5.56 Å². The van der Waals surface area contributed by atoms with Crippen molar-refractivity contribution >= 4 is 11.8 Å². The Hall–Kier alpha value is -2.40. The van der Waals surface area contributed by atoms with E-state index in [0.29, 0.717) is 0 Å². The van der Waals surface area contributed by atoms with E-state index in [-0.39, 0.29) is 11.3 Å². The maximum atomic E-state index is 12.3. The molecule has 0 unspecified atom stereocenters. The van der Waals surface area contributed by atoms with E-state index >= 15 is 0 Å². The molecule has 0 saturated carbocycles. The number of Topliss-reactive ketones (excluding diaryl/α,β-unsaturated/α-hetero) is 1. The number of hydrogen-bond acceptors (Lipinski definition) is 4. The number of ketones is 1. The highest BCUT2D eigenvalue weighted by atomic mass is 16.4. The van der Waals surface area contributed by atoms with Crippen LogP contribution in [0.3, 0.4) is 0 Å². The number of carbonyl (C=O) groups is 2. The zero-order valence-electron chi connectivity index (χ0n) is 9.85. The van der Waals surface area contributed by atoms with E-state index in [4.69, 9.17) is 5.11 Å². The van der Waals surface area contributed by atoms with Crippen LogP contribution in [0.15, 0.2) is 54.3 Å². The minimum atomic E-state index is -2.29. The molecule has 1 aromatic rings. The molecule has 2 atom stereocenters. The molecule has 0 bridgehead atoms. The molecule has 98 valence electrons. The lowest BCUT2D eigenvalue weighted by molar-refractivity contribution is -0.144. The zero-order valence-corrected chi connectivity index (χ0v) is 9.85. The quantitative estimate of drug-likeness (QED) is 0.712. The van der Waals surface area contributed by atoms with E-state index < -0.39 is 23.3 Å². The monoisotopic (exact) mass is 260 g/mol. The fourth-order valence-corrected chi connectivity index (χ4v) is 2.00. The first kappa shape index (κ1) is 13.0. The van der Waals surface area contributed by atoms with Crippen molar-refractivity contribution in [2.75, 3.05) is 0 Å². The van der Waals surface area contributed by atoms with E-state index in [1.165, 1.54) is 12.1 Å². The van der Waals surface area contributed by atoms with Crippen LogP contribution >= 0.6 is 0 Å². The predicted octanol–water partition coefficient (Wildman–Crippen LogP) is 1.31. The summed E-state index contributed by atoms with van der Waals surface area (Å²) in [6.45, 7) is 0. The summed E-state index contributed by atoms with van der Waals surface area (Å²) in [5.74, 6) is -3.89. The summed E-state index contributed by atoms with van der Waals surface area (Å²) in [7, 11) is 0. The standard InChI is InChI=1S/C14H12O5/c15-10-6-7-11(13(17)18)14(19,8-10)12(16)9-4-2-1-3-5-9/h1-8,11,15,19H,(H,17,18)/t11-,14-/m0/s1. The van der Waals surface area contributed by atoms with Gasteiger partial charge in [-0.25, -0.2) is 0 Å². The Labute approximate surface area is 109 Å². The highest BCUT2D eigenvalue weighted by Crippen LogP contribution is 2.30. The Morgan fingerprint density at radius 2 is 1.79 bits per heavy atom. The molecule has 1 aromatic carbocycles. The highest BCUT2D eigenvalue weighted by Gasteiger charge is 2.47. The fourth-order valence-electron chi connectivity index (χ4n) is 2.00. The van der Waals surface area contributed by atoms with E-state index in [2.05, 4.69) is 0 Å². The third-order valence-corrected chi connectivity index (χ3v) is 2.97. The van der Waals surface area contributed by atoms with Gasteiger partial charge in [0.15, 0.2) is 11.4 Å². The van der Waals surface area contributed by atoms with E-state index in [1.54, 1.807) is 18.2 Å². The summed E-state index contributed by atoms with van der Waals surface area (Å²) in [6.07, 6.45) is 3.10. The first-order valence-corrected chi connectivity index (χ1v) is 5.60. The number of carbonyl (C=O) groups excluding carboxylic acids is 1. The van der Waals surface area contributed by atoms with Gasteiger partial charge in [-0.1, -0.05) is 36.4 Å². The van der Waals surface area contributed by atoms with Crippen LogP contribution in [0.2, 0.25) is 0 Å². The average molecular weight is 260 g/mol. The first-order chi connectivity index (χ1) is 8.95. The lowest BCUT2D eigenvalue weighted by Crippen LogP contribution is -2.48. The minimum Gasteiger partial charge on any atom is -0.508 e. The molecule has 0 saturated heterocycles.